The number of para-hydroxylation sites is 1. The maximum absolute atomic E-state index is 4.63. The zero-order valence-corrected chi connectivity index (χ0v) is 19.3. The Hall–Kier alpha value is -3.75. The quantitative estimate of drug-likeness (QED) is 0.223. The van der Waals surface area contributed by atoms with Gasteiger partial charge in [0.15, 0.2) is 0 Å². The predicted octanol–water partition coefficient (Wildman–Crippen LogP) is 9.23. The SMILES string of the molecule is Brc1ccc2ccc3c(-c4ccc(-c5cccc6cccnc56)cc4)ccc4ccc1c2c43. The van der Waals surface area contributed by atoms with Crippen molar-refractivity contribution in [3.05, 3.63) is 114 Å². The molecule has 1 nitrogen and oxygen atoms in total. The Bertz CT molecular complexity index is 1810. The Morgan fingerprint density at radius 1 is 0.485 bits per heavy atom. The van der Waals surface area contributed by atoms with Crippen LogP contribution in [0.5, 0.6) is 0 Å². The van der Waals surface area contributed by atoms with Crippen LogP contribution in [0.1, 0.15) is 0 Å². The fraction of sp³-hybridized carbons (Fsp3) is 0. The van der Waals surface area contributed by atoms with Gasteiger partial charge in [-0.25, -0.2) is 0 Å². The third-order valence-corrected chi connectivity index (χ3v) is 7.44. The van der Waals surface area contributed by atoms with Gasteiger partial charge in [-0.2, -0.15) is 0 Å². The molecule has 0 atom stereocenters. The minimum Gasteiger partial charge on any atom is -0.256 e. The molecule has 0 saturated carbocycles. The van der Waals surface area contributed by atoms with Gasteiger partial charge < -0.3 is 0 Å². The Balaban J connectivity index is 1.43. The van der Waals surface area contributed by atoms with Crippen molar-refractivity contribution in [3.63, 3.8) is 0 Å². The van der Waals surface area contributed by atoms with Gasteiger partial charge in [0, 0.05) is 21.6 Å². The van der Waals surface area contributed by atoms with E-state index in [0.29, 0.717) is 0 Å². The molecule has 6 aromatic carbocycles. The number of aromatic nitrogens is 1. The number of hydrogen-bond acceptors (Lipinski definition) is 1. The first-order chi connectivity index (χ1) is 16.3. The molecule has 0 aliphatic carbocycles. The van der Waals surface area contributed by atoms with E-state index in [1.807, 2.05) is 12.3 Å². The number of fused-ring (bicyclic) bond motifs is 1. The lowest BCUT2D eigenvalue weighted by Crippen LogP contribution is -1.88. The van der Waals surface area contributed by atoms with Crippen molar-refractivity contribution < 1.29 is 0 Å². The van der Waals surface area contributed by atoms with Crippen LogP contribution in [0.2, 0.25) is 0 Å². The van der Waals surface area contributed by atoms with E-state index in [1.165, 1.54) is 54.6 Å². The minimum atomic E-state index is 1.04. The van der Waals surface area contributed by atoms with E-state index in [2.05, 4.69) is 118 Å². The highest BCUT2D eigenvalue weighted by Crippen LogP contribution is 2.41. The standard InChI is InChI=1S/C31H18BrN/c32-28-17-13-22-11-15-26-24(14-10-21-12-16-27(28)30(22)29(21)26)19-6-8-20(9-7-19)25-5-1-3-23-4-2-18-33-31(23)25/h1-18H. The summed E-state index contributed by atoms with van der Waals surface area (Å²) in [5.74, 6) is 0. The predicted molar refractivity (Wildman–Crippen MR) is 144 cm³/mol. The molecule has 7 aromatic rings. The highest BCUT2D eigenvalue weighted by Gasteiger charge is 2.13. The normalized spacial score (nSPS) is 11.8. The maximum Gasteiger partial charge on any atom is 0.0780 e. The summed E-state index contributed by atoms with van der Waals surface area (Å²) in [5.41, 5.74) is 5.88. The van der Waals surface area contributed by atoms with Gasteiger partial charge in [-0.1, -0.05) is 107 Å². The minimum absolute atomic E-state index is 1.04. The summed E-state index contributed by atoms with van der Waals surface area (Å²) in [5, 5.41) is 8.96. The van der Waals surface area contributed by atoms with E-state index in [1.54, 1.807) is 0 Å². The molecule has 0 radical (unpaired) electrons. The van der Waals surface area contributed by atoms with Crippen molar-refractivity contribution in [1.82, 2.24) is 4.98 Å². The molecule has 33 heavy (non-hydrogen) atoms. The fourth-order valence-corrected chi connectivity index (χ4v) is 5.65. The molecule has 0 amide bonds. The van der Waals surface area contributed by atoms with Crippen LogP contribution in [0.4, 0.5) is 0 Å². The summed E-state index contributed by atoms with van der Waals surface area (Å²) < 4.78 is 1.14. The van der Waals surface area contributed by atoms with Gasteiger partial charge in [0.05, 0.1) is 5.52 Å². The van der Waals surface area contributed by atoms with Crippen LogP contribution < -0.4 is 0 Å². The zero-order valence-electron chi connectivity index (χ0n) is 17.7. The number of hydrogen-bond donors (Lipinski definition) is 0. The molecule has 0 fully saturated rings. The van der Waals surface area contributed by atoms with Crippen molar-refractivity contribution in [2.75, 3.05) is 0 Å². The summed E-state index contributed by atoms with van der Waals surface area (Å²) in [7, 11) is 0. The van der Waals surface area contributed by atoms with Crippen LogP contribution in [0.25, 0.3) is 65.5 Å². The van der Waals surface area contributed by atoms with Crippen molar-refractivity contribution in [2.45, 2.75) is 0 Å². The Kier molecular flexibility index (Phi) is 4.06. The van der Waals surface area contributed by atoms with Crippen LogP contribution in [-0.4, -0.2) is 4.98 Å². The Morgan fingerprint density at radius 2 is 1.12 bits per heavy atom. The van der Waals surface area contributed by atoms with Crippen molar-refractivity contribution in [2.24, 2.45) is 0 Å². The van der Waals surface area contributed by atoms with E-state index in [4.69, 9.17) is 0 Å². The van der Waals surface area contributed by atoms with Crippen LogP contribution in [0.15, 0.2) is 114 Å². The summed E-state index contributed by atoms with van der Waals surface area (Å²) in [6.07, 6.45) is 1.86. The molecule has 1 heterocycles. The first-order valence-electron chi connectivity index (χ1n) is 11.1. The molecule has 0 aliphatic heterocycles. The molecule has 0 spiro atoms. The molecule has 0 N–H and O–H groups in total. The smallest absolute Gasteiger partial charge is 0.0780 e. The lowest BCUT2D eigenvalue weighted by atomic mass is 9.89. The average molecular weight is 484 g/mol. The summed E-state index contributed by atoms with van der Waals surface area (Å²) in [4.78, 5) is 4.63. The molecular weight excluding hydrogens is 466 g/mol. The number of pyridine rings is 1. The second-order valence-electron chi connectivity index (χ2n) is 8.54. The topological polar surface area (TPSA) is 12.9 Å². The van der Waals surface area contributed by atoms with E-state index in [-0.39, 0.29) is 0 Å². The molecule has 0 unspecified atom stereocenters. The molecule has 0 saturated heterocycles. The van der Waals surface area contributed by atoms with Gasteiger partial charge in [-0.3, -0.25) is 4.98 Å². The van der Waals surface area contributed by atoms with Gasteiger partial charge in [-0.05, 0) is 61.1 Å². The second-order valence-corrected chi connectivity index (χ2v) is 9.40. The fourth-order valence-electron chi connectivity index (χ4n) is 5.18. The van der Waals surface area contributed by atoms with Crippen LogP contribution in [0, 0.1) is 0 Å². The van der Waals surface area contributed by atoms with Gasteiger partial charge in [0.2, 0.25) is 0 Å². The monoisotopic (exact) mass is 483 g/mol. The molecular formula is C31H18BrN. The second kappa shape index (κ2) is 7.13. The van der Waals surface area contributed by atoms with Crippen LogP contribution in [-0.2, 0) is 0 Å². The van der Waals surface area contributed by atoms with E-state index in [0.717, 1.165) is 15.4 Å². The highest BCUT2D eigenvalue weighted by atomic mass is 79.9. The van der Waals surface area contributed by atoms with E-state index in [9.17, 15) is 0 Å². The largest absolute Gasteiger partial charge is 0.256 e. The van der Waals surface area contributed by atoms with Crippen LogP contribution in [0.3, 0.4) is 0 Å². The number of halogens is 1. The zero-order chi connectivity index (χ0) is 21.9. The molecule has 0 bridgehead atoms. The summed E-state index contributed by atoms with van der Waals surface area (Å²) in [6, 6.07) is 37.2. The first kappa shape index (κ1) is 18.8. The van der Waals surface area contributed by atoms with Crippen molar-refractivity contribution in [1.29, 1.82) is 0 Å². The van der Waals surface area contributed by atoms with Crippen molar-refractivity contribution >= 4 is 59.2 Å². The van der Waals surface area contributed by atoms with E-state index < -0.39 is 0 Å². The third kappa shape index (κ3) is 2.81. The average Bonchev–Trinajstić information content (AvgIpc) is 2.88. The Morgan fingerprint density at radius 3 is 1.94 bits per heavy atom. The lowest BCUT2D eigenvalue weighted by molar-refractivity contribution is 1.41. The summed E-state index contributed by atoms with van der Waals surface area (Å²) >= 11 is 3.75. The number of benzene rings is 6. The lowest BCUT2D eigenvalue weighted by Gasteiger charge is -2.15. The third-order valence-electron chi connectivity index (χ3n) is 6.75. The molecule has 1 aromatic heterocycles. The van der Waals surface area contributed by atoms with Gasteiger partial charge in [-0.15, -0.1) is 0 Å². The highest BCUT2D eigenvalue weighted by molar-refractivity contribution is 9.10. The van der Waals surface area contributed by atoms with E-state index >= 15 is 0 Å². The first-order valence-corrected chi connectivity index (χ1v) is 11.9. The van der Waals surface area contributed by atoms with Gasteiger partial charge in [0.1, 0.15) is 0 Å². The molecule has 0 aliphatic rings. The van der Waals surface area contributed by atoms with Crippen LogP contribution >= 0.6 is 15.9 Å². The molecule has 154 valence electrons. The van der Waals surface area contributed by atoms with Gasteiger partial charge in [0.25, 0.3) is 0 Å². The van der Waals surface area contributed by atoms with Crippen molar-refractivity contribution in [3.8, 4) is 22.3 Å². The number of nitrogens with zero attached hydrogens (tertiary/aromatic N) is 1. The van der Waals surface area contributed by atoms with Gasteiger partial charge >= 0.3 is 0 Å². The number of rotatable bonds is 2. The Labute approximate surface area is 199 Å². The molecule has 2 heteroatoms. The summed E-state index contributed by atoms with van der Waals surface area (Å²) in [6.45, 7) is 0. The molecule has 7 rings (SSSR count). The maximum atomic E-state index is 4.63.